The van der Waals surface area contributed by atoms with Gasteiger partial charge in [-0.25, -0.2) is 0 Å². The first-order valence-electron chi connectivity index (χ1n) is 20.7. The number of fused-ring (bicyclic) bond motifs is 7. The van der Waals surface area contributed by atoms with Crippen molar-refractivity contribution in [2.24, 2.45) is 0 Å². The summed E-state index contributed by atoms with van der Waals surface area (Å²) in [6, 6.07) is 55.5. The van der Waals surface area contributed by atoms with E-state index in [1.165, 1.54) is 88.0 Å². The number of aromatic nitrogens is 2. The van der Waals surface area contributed by atoms with Gasteiger partial charge in [-0.3, -0.25) is 0 Å². The second kappa shape index (κ2) is 15.2. The van der Waals surface area contributed by atoms with Crippen LogP contribution >= 0.6 is 0 Å². The molecule has 0 spiro atoms. The third-order valence-electron chi connectivity index (χ3n) is 11.4. The highest BCUT2D eigenvalue weighted by Gasteiger charge is 2.25. The minimum atomic E-state index is 0.0290. The molecular weight excluding hydrogens is 705 g/mol. The molecule has 3 heterocycles. The smallest absolute Gasteiger partial charge is 0.114 e. The van der Waals surface area contributed by atoms with Gasteiger partial charge in [0, 0.05) is 44.6 Å². The Labute approximate surface area is 341 Å². The van der Waals surface area contributed by atoms with Crippen LogP contribution in [0.1, 0.15) is 46.6 Å². The summed E-state index contributed by atoms with van der Waals surface area (Å²) in [4.78, 5) is 0. The first kappa shape index (κ1) is 36.8. The topological polar surface area (TPSA) is 19.1 Å². The zero-order chi connectivity index (χ0) is 39.9. The number of nitrogens with zero attached hydrogens (tertiary/aromatic N) is 2. The fraction of sp³-hybridized carbons (Fsp3) is 0.127. The van der Waals surface area contributed by atoms with Gasteiger partial charge in [-0.15, -0.1) is 0 Å². The highest BCUT2D eigenvalue weighted by molar-refractivity contribution is 6.13. The monoisotopic (exact) mass is 752 g/mol. The molecule has 0 N–H and O–H groups in total. The number of rotatable bonds is 4. The summed E-state index contributed by atoms with van der Waals surface area (Å²) in [6.45, 7) is 14.4. The van der Waals surface area contributed by atoms with Crippen LogP contribution in [-0.4, -0.2) is 15.2 Å². The highest BCUT2D eigenvalue weighted by atomic mass is 16.5. The summed E-state index contributed by atoms with van der Waals surface area (Å²) in [5.41, 5.74) is 14.2. The standard InChI is InChI=1S/C51H36N2O.2C2H6/c1-32-22-23-33(2)54-51-31-36(30-43(32)51)38-16-10-18-40-39(38)17-11-21-48(40)53-47-20-9-7-15-42(47)45-29-35(25-27-50(45)53)34-24-26-49-44(28-34)41-14-6-8-19-46(41)52(49)37-12-4-3-5-13-37;2*1-2/h3-30,33H,1,31H2,2H3;2*1-2H3. The van der Waals surface area contributed by atoms with Crippen LogP contribution in [0.15, 0.2) is 193 Å². The molecule has 0 bridgehead atoms. The Bertz CT molecular complexity index is 3130. The van der Waals surface area contributed by atoms with Gasteiger partial charge in [0.1, 0.15) is 11.9 Å². The maximum atomic E-state index is 6.32. The van der Waals surface area contributed by atoms with Crippen molar-refractivity contribution in [1.82, 2.24) is 9.13 Å². The minimum absolute atomic E-state index is 0.0290. The van der Waals surface area contributed by atoms with Crippen LogP contribution in [0.25, 0.3) is 82.5 Å². The average molecular weight is 753 g/mol. The molecule has 2 aromatic heterocycles. The number of para-hydroxylation sites is 3. The Morgan fingerprint density at radius 2 is 1.09 bits per heavy atom. The van der Waals surface area contributed by atoms with Crippen LogP contribution in [0.4, 0.5) is 0 Å². The number of hydrogen-bond donors (Lipinski definition) is 0. The van der Waals surface area contributed by atoms with Crippen LogP contribution in [0.3, 0.4) is 0 Å². The molecule has 11 rings (SSSR count). The van der Waals surface area contributed by atoms with Crippen LogP contribution in [0.5, 0.6) is 0 Å². The molecule has 9 aromatic rings. The molecular formula is C55H48N2O. The van der Waals surface area contributed by atoms with Gasteiger partial charge in [0.25, 0.3) is 0 Å². The van der Waals surface area contributed by atoms with Crippen LogP contribution in [0.2, 0.25) is 0 Å². The van der Waals surface area contributed by atoms with Crippen molar-refractivity contribution in [2.45, 2.75) is 47.1 Å². The molecule has 0 amide bonds. The van der Waals surface area contributed by atoms with Gasteiger partial charge in [0.2, 0.25) is 0 Å². The van der Waals surface area contributed by atoms with Gasteiger partial charge >= 0.3 is 0 Å². The molecule has 1 atom stereocenters. The van der Waals surface area contributed by atoms with Gasteiger partial charge in [-0.05, 0) is 107 Å². The average Bonchev–Trinajstić information content (AvgIpc) is 3.94. The maximum absolute atomic E-state index is 6.32. The lowest BCUT2D eigenvalue weighted by molar-refractivity contribution is 0.168. The lowest BCUT2D eigenvalue weighted by atomic mass is 9.96. The summed E-state index contributed by atoms with van der Waals surface area (Å²) in [5, 5.41) is 7.46. The molecule has 1 unspecified atom stereocenters. The summed E-state index contributed by atoms with van der Waals surface area (Å²) >= 11 is 0. The summed E-state index contributed by atoms with van der Waals surface area (Å²) < 4.78 is 11.1. The zero-order valence-corrected chi connectivity index (χ0v) is 34.0. The Hall–Kier alpha value is -6.84. The first-order chi connectivity index (χ1) is 28.6. The highest BCUT2D eigenvalue weighted by Crippen LogP contribution is 2.43. The van der Waals surface area contributed by atoms with Crippen molar-refractivity contribution in [1.29, 1.82) is 0 Å². The van der Waals surface area contributed by atoms with E-state index in [0.717, 1.165) is 23.3 Å². The number of allylic oxidation sites excluding steroid dienone is 5. The van der Waals surface area contributed by atoms with E-state index in [4.69, 9.17) is 4.74 Å². The van der Waals surface area contributed by atoms with Gasteiger partial charge < -0.3 is 13.9 Å². The van der Waals surface area contributed by atoms with Gasteiger partial charge in [0.15, 0.2) is 0 Å². The molecule has 0 saturated heterocycles. The van der Waals surface area contributed by atoms with Crippen molar-refractivity contribution in [3.8, 4) is 22.5 Å². The quantitative estimate of drug-likeness (QED) is 0.175. The summed E-state index contributed by atoms with van der Waals surface area (Å²) in [7, 11) is 0. The lowest BCUT2D eigenvalue weighted by Gasteiger charge is -2.16. The van der Waals surface area contributed by atoms with E-state index in [0.29, 0.717) is 0 Å². The second-order valence-corrected chi connectivity index (χ2v) is 14.6. The third kappa shape index (κ3) is 5.97. The van der Waals surface area contributed by atoms with Crippen molar-refractivity contribution >= 4 is 60.0 Å². The van der Waals surface area contributed by atoms with Gasteiger partial charge in [0.05, 0.1) is 27.8 Å². The summed E-state index contributed by atoms with van der Waals surface area (Å²) in [5.74, 6) is 1.01. The van der Waals surface area contributed by atoms with E-state index in [9.17, 15) is 0 Å². The molecule has 284 valence electrons. The Balaban J connectivity index is 0.00000106. The third-order valence-corrected chi connectivity index (χ3v) is 11.4. The fourth-order valence-corrected chi connectivity index (χ4v) is 8.92. The molecule has 7 aromatic carbocycles. The maximum Gasteiger partial charge on any atom is 0.114 e. The van der Waals surface area contributed by atoms with Crippen molar-refractivity contribution in [3.63, 3.8) is 0 Å². The number of benzene rings is 7. The van der Waals surface area contributed by atoms with Crippen LogP contribution < -0.4 is 0 Å². The molecule has 0 saturated carbocycles. The van der Waals surface area contributed by atoms with E-state index in [1.54, 1.807) is 0 Å². The normalized spacial score (nSPS) is 14.9. The second-order valence-electron chi connectivity index (χ2n) is 14.6. The van der Waals surface area contributed by atoms with E-state index < -0.39 is 0 Å². The van der Waals surface area contributed by atoms with Crippen LogP contribution in [-0.2, 0) is 4.74 Å². The van der Waals surface area contributed by atoms with E-state index in [-0.39, 0.29) is 6.10 Å². The molecule has 1 aliphatic heterocycles. The first-order valence-corrected chi connectivity index (χ1v) is 20.7. The predicted octanol–water partition coefficient (Wildman–Crippen LogP) is 15.3. The van der Waals surface area contributed by atoms with Crippen molar-refractivity contribution in [3.05, 3.63) is 199 Å². The summed E-state index contributed by atoms with van der Waals surface area (Å²) in [6.07, 6.45) is 7.24. The van der Waals surface area contributed by atoms with Crippen molar-refractivity contribution in [2.75, 3.05) is 0 Å². The molecule has 2 aliphatic rings. The molecule has 0 fully saturated rings. The Kier molecular flexibility index (Phi) is 9.67. The Morgan fingerprint density at radius 3 is 1.78 bits per heavy atom. The van der Waals surface area contributed by atoms with Crippen molar-refractivity contribution < 1.29 is 4.74 Å². The number of ether oxygens (including phenoxy) is 1. The van der Waals surface area contributed by atoms with Gasteiger partial charge in [-0.2, -0.15) is 0 Å². The number of hydrogen-bond acceptors (Lipinski definition) is 1. The molecule has 58 heavy (non-hydrogen) atoms. The SMILES string of the molecule is C=C1C=CC(C)OC2=C1C=C(c1cccc3c(-n4c5ccccc5c5cc(-c6ccc7c(c6)c6ccccc6n7-c6ccccc6)ccc54)cccc13)C2.CC.CC. The van der Waals surface area contributed by atoms with Crippen LogP contribution in [0, 0.1) is 0 Å². The van der Waals surface area contributed by atoms with E-state index in [2.05, 4.69) is 193 Å². The zero-order valence-electron chi connectivity index (χ0n) is 34.0. The Morgan fingerprint density at radius 1 is 0.534 bits per heavy atom. The van der Waals surface area contributed by atoms with E-state index in [1.807, 2.05) is 27.7 Å². The van der Waals surface area contributed by atoms with Gasteiger partial charge in [-0.1, -0.05) is 137 Å². The minimum Gasteiger partial charge on any atom is -0.490 e. The predicted molar refractivity (Wildman–Crippen MR) is 249 cm³/mol. The lowest BCUT2D eigenvalue weighted by Crippen LogP contribution is -2.03. The molecule has 0 radical (unpaired) electrons. The molecule has 1 aliphatic carbocycles. The molecule has 3 nitrogen and oxygen atoms in total. The largest absolute Gasteiger partial charge is 0.490 e. The molecule has 3 heteroatoms. The fourth-order valence-electron chi connectivity index (χ4n) is 8.92. The van der Waals surface area contributed by atoms with E-state index >= 15 is 0 Å².